The van der Waals surface area contributed by atoms with Gasteiger partial charge in [-0.15, -0.1) is 0 Å². The molecule has 0 aliphatic carbocycles. The molecule has 0 spiro atoms. The summed E-state index contributed by atoms with van der Waals surface area (Å²) in [6, 6.07) is 0. The minimum absolute atomic E-state index is 0.165. The summed E-state index contributed by atoms with van der Waals surface area (Å²) in [6.07, 6.45) is 0.879. The maximum atomic E-state index is 9.31. The number of rotatable bonds is 4. The lowest BCUT2D eigenvalue weighted by Gasteiger charge is -2.22. The molecule has 0 radical (unpaired) electrons. The van der Waals surface area contributed by atoms with Crippen LogP contribution in [0.2, 0.25) is 5.15 Å². The molecule has 1 saturated heterocycles. The minimum Gasteiger partial charge on any atom is -0.396 e. The van der Waals surface area contributed by atoms with Crippen LogP contribution < -0.4 is 0 Å². The summed E-state index contributed by atoms with van der Waals surface area (Å²) in [7, 11) is 1.87. The molecule has 19 heavy (non-hydrogen) atoms. The van der Waals surface area contributed by atoms with E-state index in [1.807, 2.05) is 7.05 Å². The molecule has 0 saturated carbocycles. The Balaban J connectivity index is 2.11. The number of aryl methyl sites for hydroxylation is 2. The van der Waals surface area contributed by atoms with Gasteiger partial charge in [0.05, 0.1) is 18.9 Å². The number of hydrogen-bond acceptors (Lipinski definition) is 4. The Morgan fingerprint density at radius 3 is 3.00 bits per heavy atom. The maximum absolute atomic E-state index is 9.31. The molecule has 1 aromatic heterocycles. The maximum Gasteiger partial charge on any atom is 0.131 e. The number of halogens is 1. The average Bonchev–Trinajstić information content (AvgIpc) is 2.61. The first-order valence-corrected chi connectivity index (χ1v) is 7.14. The summed E-state index contributed by atoms with van der Waals surface area (Å²) in [4.78, 5) is 2.29. The third kappa shape index (κ3) is 3.48. The van der Waals surface area contributed by atoms with E-state index in [0.29, 0.717) is 18.4 Å². The molecule has 0 bridgehead atoms. The van der Waals surface area contributed by atoms with Crippen molar-refractivity contribution in [3.8, 4) is 0 Å². The van der Waals surface area contributed by atoms with Gasteiger partial charge in [0.2, 0.25) is 0 Å². The molecule has 1 atom stereocenters. The minimum atomic E-state index is 0.165. The normalized spacial score (nSPS) is 21.6. The molecule has 2 rings (SSSR count). The highest BCUT2D eigenvalue weighted by Crippen LogP contribution is 2.22. The van der Waals surface area contributed by atoms with Crippen molar-refractivity contribution in [3.63, 3.8) is 0 Å². The Morgan fingerprint density at radius 1 is 1.53 bits per heavy atom. The van der Waals surface area contributed by atoms with Crippen LogP contribution in [0, 0.1) is 5.92 Å². The van der Waals surface area contributed by atoms with E-state index in [-0.39, 0.29) is 12.5 Å². The average molecular weight is 288 g/mol. The van der Waals surface area contributed by atoms with Gasteiger partial charge in [0, 0.05) is 44.8 Å². The molecule has 6 heteroatoms. The molecule has 1 aromatic rings. The van der Waals surface area contributed by atoms with Gasteiger partial charge in [-0.3, -0.25) is 9.58 Å². The lowest BCUT2D eigenvalue weighted by Crippen LogP contribution is -2.31. The van der Waals surface area contributed by atoms with E-state index in [4.69, 9.17) is 16.3 Å². The van der Waals surface area contributed by atoms with Gasteiger partial charge in [-0.2, -0.15) is 5.10 Å². The van der Waals surface area contributed by atoms with Crippen molar-refractivity contribution in [1.29, 1.82) is 0 Å². The van der Waals surface area contributed by atoms with Crippen molar-refractivity contribution in [2.24, 2.45) is 13.0 Å². The summed E-state index contributed by atoms with van der Waals surface area (Å²) in [5.74, 6) is 0.183. The zero-order chi connectivity index (χ0) is 13.8. The number of hydrogen-bond donors (Lipinski definition) is 1. The fourth-order valence-corrected chi connectivity index (χ4v) is 2.68. The van der Waals surface area contributed by atoms with Crippen molar-refractivity contribution in [2.45, 2.75) is 19.9 Å². The van der Waals surface area contributed by atoms with Crippen LogP contribution in [0.3, 0.4) is 0 Å². The predicted octanol–water partition coefficient (Wildman–Crippen LogP) is 1.08. The van der Waals surface area contributed by atoms with Gasteiger partial charge in [0.1, 0.15) is 5.15 Å². The van der Waals surface area contributed by atoms with E-state index in [1.54, 1.807) is 4.68 Å². The fourth-order valence-electron chi connectivity index (χ4n) is 2.47. The Labute approximate surface area is 119 Å². The van der Waals surface area contributed by atoms with Crippen LogP contribution in [0.15, 0.2) is 0 Å². The van der Waals surface area contributed by atoms with Crippen LogP contribution in [0.5, 0.6) is 0 Å². The Morgan fingerprint density at radius 2 is 2.32 bits per heavy atom. The lowest BCUT2D eigenvalue weighted by atomic mass is 10.1. The summed E-state index contributed by atoms with van der Waals surface area (Å²) < 4.78 is 7.23. The van der Waals surface area contributed by atoms with E-state index in [0.717, 1.165) is 37.3 Å². The topological polar surface area (TPSA) is 50.5 Å². The van der Waals surface area contributed by atoms with E-state index < -0.39 is 0 Å². The van der Waals surface area contributed by atoms with Crippen molar-refractivity contribution in [3.05, 3.63) is 16.4 Å². The number of aliphatic hydroxyl groups excluding tert-OH is 1. The third-order valence-corrected chi connectivity index (χ3v) is 4.02. The quantitative estimate of drug-likeness (QED) is 0.900. The molecule has 1 N–H and O–H groups in total. The van der Waals surface area contributed by atoms with Crippen LogP contribution in [0.4, 0.5) is 0 Å². The third-order valence-electron chi connectivity index (χ3n) is 3.55. The lowest BCUT2D eigenvalue weighted by molar-refractivity contribution is 0.0958. The Kier molecular flexibility index (Phi) is 5.21. The second kappa shape index (κ2) is 6.70. The standard InChI is InChI=1S/C13H22ClN3O2/c1-3-12-11(13(14)16(2)15-12)7-17-4-5-19-9-10(6-17)8-18/h10,18H,3-9H2,1-2H3/t10-/m0/s1. The van der Waals surface area contributed by atoms with Gasteiger partial charge < -0.3 is 9.84 Å². The van der Waals surface area contributed by atoms with Crippen LogP contribution >= 0.6 is 11.6 Å². The summed E-state index contributed by atoms with van der Waals surface area (Å²) in [5, 5.41) is 14.5. The molecule has 1 aliphatic rings. The SMILES string of the molecule is CCc1nn(C)c(Cl)c1CN1CCOC[C@H](CO)C1. The molecule has 2 heterocycles. The second-order valence-corrected chi connectivity index (χ2v) is 5.41. The zero-order valence-electron chi connectivity index (χ0n) is 11.6. The summed E-state index contributed by atoms with van der Waals surface area (Å²) >= 11 is 6.32. The van der Waals surface area contributed by atoms with Gasteiger partial charge in [-0.1, -0.05) is 18.5 Å². The van der Waals surface area contributed by atoms with Crippen molar-refractivity contribution < 1.29 is 9.84 Å². The van der Waals surface area contributed by atoms with E-state index >= 15 is 0 Å². The van der Waals surface area contributed by atoms with Crippen LogP contribution in [-0.4, -0.2) is 52.7 Å². The highest BCUT2D eigenvalue weighted by atomic mass is 35.5. The molecule has 108 valence electrons. The van der Waals surface area contributed by atoms with Gasteiger partial charge >= 0.3 is 0 Å². The monoisotopic (exact) mass is 287 g/mol. The van der Waals surface area contributed by atoms with Crippen LogP contribution in [0.25, 0.3) is 0 Å². The highest BCUT2D eigenvalue weighted by Gasteiger charge is 2.21. The fraction of sp³-hybridized carbons (Fsp3) is 0.769. The van der Waals surface area contributed by atoms with E-state index in [9.17, 15) is 5.11 Å². The number of aliphatic hydroxyl groups is 1. The molecular weight excluding hydrogens is 266 g/mol. The number of aromatic nitrogens is 2. The van der Waals surface area contributed by atoms with Gasteiger partial charge in [0.15, 0.2) is 0 Å². The predicted molar refractivity (Wildman–Crippen MR) is 74.3 cm³/mol. The molecule has 0 unspecified atom stereocenters. The first-order chi connectivity index (χ1) is 9.15. The smallest absolute Gasteiger partial charge is 0.131 e. The molecule has 1 fully saturated rings. The molecule has 0 aromatic carbocycles. The van der Waals surface area contributed by atoms with Crippen molar-refractivity contribution in [1.82, 2.24) is 14.7 Å². The molecule has 0 amide bonds. The first kappa shape index (κ1) is 14.8. The van der Waals surface area contributed by atoms with E-state index in [1.165, 1.54) is 0 Å². The zero-order valence-corrected chi connectivity index (χ0v) is 12.4. The van der Waals surface area contributed by atoms with Crippen LogP contribution in [-0.2, 0) is 24.8 Å². The van der Waals surface area contributed by atoms with Gasteiger partial charge in [-0.25, -0.2) is 0 Å². The van der Waals surface area contributed by atoms with Crippen LogP contribution in [0.1, 0.15) is 18.2 Å². The largest absolute Gasteiger partial charge is 0.396 e. The highest BCUT2D eigenvalue weighted by molar-refractivity contribution is 6.30. The molecule has 1 aliphatic heterocycles. The van der Waals surface area contributed by atoms with Gasteiger partial charge in [-0.05, 0) is 6.42 Å². The summed E-state index contributed by atoms with van der Waals surface area (Å²) in [5.41, 5.74) is 2.16. The second-order valence-electron chi connectivity index (χ2n) is 5.05. The van der Waals surface area contributed by atoms with Crippen molar-refractivity contribution in [2.75, 3.05) is 32.9 Å². The van der Waals surface area contributed by atoms with E-state index in [2.05, 4.69) is 16.9 Å². The number of nitrogens with zero attached hydrogens (tertiary/aromatic N) is 3. The molecule has 5 nitrogen and oxygen atoms in total. The van der Waals surface area contributed by atoms with Gasteiger partial charge in [0.25, 0.3) is 0 Å². The Hall–Kier alpha value is -0.620. The number of ether oxygens (including phenoxy) is 1. The summed E-state index contributed by atoms with van der Waals surface area (Å²) in [6.45, 7) is 6.07. The van der Waals surface area contributed by atoms with Crippen molar-refractivity contribution >= 4 is 11.6 Å². The first-order valence-electron chi connectivity index (χ1n) is 6.76. The Bertz CT molecular complexity index is 422. The molecular formula is C13H22ClN3O2.